The summed E-state index contributed by atoms with van der Waals surface area (Å²) in [6.45, 7) is 0. The Balaban J connectivity index is 1.73. The first-order valence-corrected chi connectivity index (χ1v) is 10.6. The quantitative estimate of drug-likeness (QED) is 0.230. The lowest BCUT2D eigenvalue weighted by molar-refractivity contribution is 0.617. The molecule has 36 heavy (non-hydrogen) atoms. The molecule has 6 aromatic carbocycles. The summed E-state index contributed by atoms with van der Waals surface area (Å²) in [6.07, 6.45) is -0.848. The van der Waals surface area contributed by atoms with Crippen molar-refractivity contribution >= 4 is 54.5 Å². The molecule has 0 saturated carbocycles. The lowest BCUT2D eigenvalue weighted by atomic mass is 9.86. The molecule has 0 radical (unpaired) electrons. The van der Waals surface area contributed by atoms with Gasteiger partial charge in [-0.25, -0.2) is 0 Å². The summed E-state index contributed by atoms with van der Waals surface area (Å²) in [5.74, 6) is 0. The van der Waals surface area contributed by atoms with Crippen molar-refractivity contribution in [3.63, 3.8) is 0 Å². The summed E-state index contributed by atoms with van der Waals surface area (Å²) < 4.78 is 186. The van der Waals surface area contributed by atoms with Crippen LogP contribution < -0.4 is 0 Å². The molecule has 168 valence electrons. The number of benzene rings is 6. The van der Waals surface area contributed by atoms with Gasteiger partial charge in [-0.1, -0.05) is 96.7 Å². The molecule has 8 aromatic rings. The normalized spacial score (nSPS) is 19.7. The first-order chi connectivity index (χ1) is 26.2. The van der Waals surface area contributed by atoms with Gasteiger partial charge < -0.3 is 8.83 Å². The third-order valence-corrected chi connectivity index (χ3v) is 5.92. The lowest BCUT2D eigenvalue weighted by Crippen LogP contribution is -1.90. The van der Waals surface area contributed by atoms with E-state index in [2.05, 4.69) is 0 Å². The zero-order valence-corrected chi connectivity index (χ0v) is 17.8. The minimum atomic E-state index is -0.857. The molecule has 0 aliphatic heterocycles. The van der Waals surface area contributed by atoms with Crippen LogP contribution in [0.15, 0.2) is 130 Å². The highest BCUT2D eigenvalue weighted by Gasteiger charge is 2.20. The first kappa shape index (κ1) is 8.39. The minimum absolute atomic E-state index is 0.252. The smallest absolute Gasteiger partial charge is 0.136 e. The Bertz CT molecular complexity index is 3090. The van der Waals surface area contributed by atoms with E-state index in [1.807, 2.05) is 0 Å². The van der Waals surface area contributed by atoms with Gasteiger partial charge in [0.05, 0.1) is 32.3 Å². The average molecular weight is 481 g/mol. The molecule has 2 heterocycles. The van der Waals surface area contributed by atoms with E-state index in [0.717, 1.165) is 0 Å². The molecule has 2 nitrogen and oxygen atoms in total. The van der Waals surface area contributed by atoms with Gasteiger partial charge in [0, 0.05) is 27.3 Å². The van der Waals surface area contributed by atoms with Crippen LogP contribution in [0.25, 0.3) is 76.7 Å². The van der Waals surface area contributed by atoms with Crippen molar-refractivity contribution in [1.82, 2.24) is 0 Å². The van der Waals surface area contributed by atoms with Crippen LogP contribution in [0.4, 0.5) is 0 Å². The Morgan fingerprint density at radius 1 is 0.444 bits per heavy atom. The van der Waals surface area contributed by atoms with Gasteiger partial charge in [-0.05, 0) is 50.8 Å². The number of para-hydroxylation sites is 1. The second-order valence-electron chi connectivity index (χ2n) is 7.79. The van der Waals surface area contributed by atoms with Gasteiger partial charge in [-0.3, -0.25) is 0 Å². The predicted molar refractivity (Wildman–Crippen MR) is 149 cm³/mol. The van der Waals surface area contributed by atoms with Gasteiger partial charge in [-0.2, -0.15) is 0 Å². The maximum atomic E-state index is 9.33. The van der Waals surface area contributed by atoms with Gasteiger partial charge in [0.25, 0.3) is 0 Å². The molecule has 0 atom stereocenters. The van der Waals surface area contributed by atoms with Crippen molar-refractivity contribution in [2.45, 2.75) is 0 Å². The summed E-state index contributed by atoms with van der Waals surface area (Å²) in [7, 11) is 0. The number of hydrogen-bond donors (Lipinski definition) is 0. The monoisotopic (exact) mass is 480 g/mol. The van der Waals surface area contributed by atoms with E-state index in [4.69, 9.17) is 34.9 Å². The molecular formula is C34H20O2. The van der Waals surface area contributed by atoms with Crippen molar-refractivity contribution in [1.29, 1.82) is 0 Å². The summed E-state index contributed by atoms with van der Waals surface area (Å²) in [4.78, 5) is 0. The third kappa shape index (κ3) is 2.67. The van der Waals surface area contributed by atoms with Crippen LogP contribution in [-0.4, -0.2) is 0 Å². The summed E-state index contributed by atoms with van der Waals surface area (Å²) in [5, 5.41) is -3.12. The third-order valence-electron chi connectivity index (χ3n) is 5.92. The van der Waals surface area contributed by atoms with Crippen LogP contribution in [-0.2, 0) is 0 Å². The van der Waals surface area contributed by atoms with E-state index in [0.29, 0.717) is 0 Å². The van der Waals surface area contributed by atoms with E-state index in [-0.39, 0.29) is 10.8 Å². The Morgan fingerprint density at radius 3 is 1.69 bits per heavy atom. The lowest BCUT2D eigenvalue weighted by Gasteiger charge is -2.17. The van der Waals surface area contributed by atoms with Gasteiger partial charge >= 0.3 is 0 Å². The molecule has 0 aliphatic carbocycles. The van der Waals surface area contributed by atoms with Crippen molar-refractivity contribution in [3.8, 4) is 22.3 Å². The predicted octanol–water partition coefficient (Wildman–Crippen LogP) is 9.97. The molecule has 0 fully saturated rings. The minimum Gasteiger partial charge on any atom is -0.464 e. The van der Waals surface area contributed by atoms with Crippen molar-refractivity contribution in [2.75, 3.05) is 0 Å². The van der Waals surface area contributed by atoms with Crippen molar-refractivity contribution < 1.29 is 36.2 Å². The number of rotatable bonds is 2. The zero-order valence-electron chi connectivity index (χ0n) is 37.8. The van der Waals surface area contributed by atoms with E-state index in [9.17, 15) is 1.37 Å². The highest BCUT2D eigenvalue weighted by molar-refractivity contribution is 6.24. The van der Waals surface area contributed by atoms with E-state index in [1.54, 1.807) is 0 Å². The van der Waals surface area contributed by atoms with Crippen LogP contribution in [0.3, 0.4) is 0 Å². The molecule has 0 aliphatic rings. The second kappa shape index (κ2) is 7.34. The fourth-order valence-corrected chi connectivity index (χ4v) is 4.46. The SMILES string of the molecule is [2H]c1oc2c([2H])c3c(oc4c([2H])c([2H])c([2H])c([2H])c43)c([2H])c2c1-c1c2c([2H])c([2H])c([2H])c([2H])c2c(-c2c([2H])c([2H])c([2H])c([2H])c2[2H])c2c([2H])c([2H])c([2H])c([2H])c12. The molecule has 8 rings (SSSR count). The Labute approximate surface area is 235 Å². The van der Waals surface area contributed by atoms with Gasteiger partial charge in [0.15, 0.2) is 0 Å². The summed E-state index contributed by atoms with van der Waals surface area (Å²) >= 11 is 0. The van der Waals surface area contributed by atoms with Crippen molar-refractivity contribution in [2.24, 2.45) is 0 Å². The zero-order chi connectivity index (χ0) is 41.0. The molecule has 0 bridgehead atoms. The van der Waals surface area contributed by atoms with Crippen molar-refractivity contribution in [3.05, 3.63) is 121 Å². The van der Waals surface area contributed by atoms with Gasteiger partial charge in [0.1, 0.15) is 18.1 Å². The highest BCUT2D eigenvalue weighted by Crippen LogP contribution is 2.46. The maximum absolute atomic E-state index is 9.33. The second-order valence-corrected chi connectivity index (χ2v) is 7.79. The number of hydrogen-bond acceptors (Lipinski definition) is 2. The fourth-order valence-electron chi connectivity index (χ4n) is 4.46. The van der Waals surface area contributed by atoms with Gasteiger partial charge in [0.2, 0.25) is 0 Å². The molecule has 0 amide bonds. The highest BCUT2D eigenvalue weighted by atomic mass is 16.3. The standard InChI is InChI=1S/C34H20O2/c1-2-10-21(11-3-1)33-23-13-4-6-15-25(23)34(26-16-7-5-14-24(26)33)29-20-35-31-18-27-22-12-8-9-17-30(22)36-32(27)19-28(29)31/h1-20H/i1D,2D,3D,4D,5D,6D,7D,8D,9D,10D,11D,12D,13D,14D,15D,16D,17D,18D,19D,20D. The Kier molecular flexibility index (Phi) is 1.71. The topological polar surface area (TPSA) is 26.3 Å². The number of furan rings is 2. The molecular weight excluding hydrogens is 440 g/mol. The van der Waals surface area contributed by atoms with E-state index >= 15 is 0 Å². The van der Waals surface area contributed by atoms with Crippen LogP contribution >= 0.6 is 0 Å². The van der Waals surface area contributed by atoms with Crippen LogP contribution in [0.5, 0.6) is 0 Å². The molecule has 2 heteroatoms. The average Bonchev–Trinajstić information content (AvgIpc) is 3.75. The van der Waals surface area contributed by atoms with Crippen LogP contribution in [0, 0.1) is 0 Å². The molecule has 0 N–H and O–H groups in total. The van der Waals surface area contributed by atoms with E-state index in [1.165, 1.54) is 0 Å². The number of fused-ring (bicyclic) bond motifs is 6. The Morgan fingerprint density at radius 2 is 1.00 bits per heavy atom. The summed E-state index contributed by atoms with van der Waals surface area (Å²) in [5.41, 5.74) is -3.54. The van der Waals surface area contributed by atoms with Gasteiger partial charge in [-0.15, -0.1) is 0 Å². The fraction of sp³-hybridized carbons (Fsp3) is 0. The van der Waals surface area contributed by atoms with Crippen LogP contribution in [0.2, 0.25) is 0 Å². The first-order valence-electron chi connectivity index (χ1n) is 20.6. The Hall–Kier alpha value is -4.82. The largest absolute Gasteiger partial charge is 0.464 e. The molecule has 0 unspecified atom stereocenters. The van der Waals surface area contributed by atoms with Crippen LogP contribution in [0.1, 0.15) is 27.4 Å². The maximum Gasteiger partial charge on any atom is 0.136 e. The van der Waals surface area contributed by atoms with E-state index < -0.39 is 187 Å². The molecule has 2 aromatic heterocycles. The molecule has 0 saturated heterocycles. The summed E-state index contributed by atoms with van der Waals surface area (Å²) in [6, 6.07) is -14.7. The molecule has 0 spiro atoms.